The summed E-state index contributed by atoms with van der Waals surface area (Å²) in [5, 5.41) is 12.0. The summed E-state index contributed by atoms with van der Waals surface area (Å²) in [6.45, 7) is 10.4. The number of halogens is 3. The van der Waals surface area contributed by atoms with E-state index in [9.17, 15) is 23.1 Å². The molecular formula is C39H37F3N4O3S. The van der Waals surface area contributed by atoms with Crippen LogP contribution in [0, 0.1) is 5.41 Å². The highest BCUT2D eigenvalue weighted by molar-refractivity contribution is 8.00. The molecule has 0 saturated heterocycles. The van der Waals surface area contributed by atoms with Gasteiger partial charge in [-0.2, -0.15) is 13.2 Å². The van der Waals surface area contributed by atoms with Gasteiger partial charge in [0.05, 0.1) is 34.1 Å². The number of alkyl halides is 3. The maximum absolute atomic E-state index is 13.1. The summed E-state index contributed by atoms with van der Waals surface area (Å²) in [6, 6.07) is 23.6. The Morgan fingerprint density at radius 3 is 2.30 bits per heavy atom. The molecule has 0 saturated carbocycles. The molecule has 50 heavy (non-hydrogen) atoms. The second-order valence-electron chi connectivity index (χ2n) is 13.9. The lowest BCUT2D eigenvalue weighted by molar-refractivity contribution is -0.147. The van der Waals surface area contributed by atoms with E-state index in [1.54, 1.807) is 31.8 Å². The maximum Gasteiger partial charge on any atom is 0.417 e. The van der Waals surface area contributed by atoms with E-state index in [-0.39, 0.29) is 17.8 Å². The third-order valence-corrected chi connectivity index (χ3v) is 9.52. The van der Waals surface area contributed by atoms with Gasteiger partial charge in [0.2, 0.25) is 0 Å². The minimum Gasteiger partial charge on any atom is -0.486 e. The molecule has 0 fully saturated rings. The average molecular weight is 699 g/mol. The Morgan fingerprint density at radius 2 is 1.64 bits per heavy atom. The number of fused-ring (bicyclic) bond motifs is 2. The van der Waals surface area contributed by atoms with Gasteiger partial charge in [-0.25, -0.2) is 9.97 Å². The molecule has 7 nitrogen and oxygen atoms in total. The van der Waals surface area contributed by atoms with Crippen molar-refractivity contribution in [2.24, 2.45) is 5.41 Å². The Morgan fingerprint density at radius 1 is 0.900 bits per heavy atom. The lowest BCUT2D eigenvalue weighted by Crippen LogP contribution is -2.28. The predicted molar refractivity (Wildman–Crippen MR) is 190 cm³/mol. The SMILES string of the molecule is CC(C)(C)Sc1c(CC(C)(C)C(=O)O)n(Cc2ccc(-c3ccc(C(F)(F)F)cn3)cc2)c2ncc(OCc3ccc4ccccc4n3)cc12. The molecule has 4 heterocycles. The van der Waals surface area contributed by atoms with Crippen LogP contribution in [0.3, 0.4) is 0 Å². The number of pyridine rings is 3. The van der Waals surface area contributed by atoms with Crippen LogP contribution >= 0.6 is 11.8 Å². The highest BCUT2D eigenvalue weighted by Crippen LogP contribution is 2.44. The summed E-state index contributed by atoms with van der Waals surface area (Å²) < 4.78 is 47.2. The number of thioether (sulfide) groups is 1. The Labute approximate surface area is 292 Å². The number of carboxylic acids is 1. The Hall–Kier alpha value is -4.90. The predicted octanol–water partition coefficient (Wildman–Crippen LogP) is 9.84. The zero-order valence-electron chi connectivity index (χ0n) is 28.4. The van der Waals surface area contributed by atoms with E-state index in [0.717, 1.165) is 50.4 Å². The molecule has 258 valence electrons. The number of rotatable bonds is 10. The van der Waals surface area contributed by atoms with Gasteiger partial charge in [0.1, 0.15) is 18.0 Å². The Balaban J connectivity index is 1.37. The van der Waals surface area contributed by atoms with Crippen molar-refractivity contribution in [3.8, 4) is 17.0 Å². The third kappa shape index (κ3) is 7.78. The van der Waals surface area contributed by atoms with E-state index in [0.29, 0.717) is 29.2 Å². The van der Waals surface area contributed by atoms with Crippen molar-refractivity contribution in [3.63, 3.8) is 0 Å². The molecule has 0 aliphatic carbocycles. The first-order chi connectivity index (χ1) is 23.6. The molecule has 0 aliphatic rings. The fraction of sp³-hybridized carbons (Fsp3) is 0.282. The first kappa shape index (κ1) is 34.9. The number of carbonyl (C=O) groups is 1. The van der Waals surface area contributed by atoms with Gasteiger partial charge in [-0.1, -0.05) is 69.3 Å². The minimum absolute atomic E-state index is 0.205. The first-order valence-electron chi connectivity index (χ1n) is 16.1. The van der Waals surface area contributed by atoms with Crippen LogP contribution in [-0.2, 0) is 30.5 Å². The fourth-order valence-electron chi connectivity index (χ4n) is 5.61. The second-order valence-corrected chi connectivity index (χ2v) is 15.7. The summed E-state index contributed by atoms with van der Waals surface area (Å²) in [6.07, 6.45) is -1.69. The molecule has 0 spiro atoms. The molecule has 0 amide bonds. The molecule has 0 atom stereocenters. The molecule has 0 unspecified atom stereocenters. The van der Waals surface area contributed by atoms with Crippen molar-refractivity contribution < 1.29 is 27.8 Å². The first-order valence-corrected chi connectivity index (χ1v) is 16.9. The highest BCUT2D eigenvalue weighted by atomic mass is 32.2. The van der Waals surface area contributed by atoms with Gasteiger partial charge >= 0.3 is 12.1 Å². The van der Waals surface area contributed by atoms with Crippen LogP contribution < -0.4 is 4.74 Å². The van der Waals surface area contributed by atoms with Crippen molar-refractivity contribution in [1.29, 1.82) is 0 Å². The zero-order chi connectivity index (χ0) is 35.8. The Kier molecular flexibility index (Phi) is 9.39. The lowest BCUT2D eigenvalue weighted by atomic mass is 9.88. The number of para-hydroxylation sites is 1. The molecule has 0 radical (unpaired) electrons. The van der Waals surface area contributed by atoms with E-state index < -0.39 is 23.1 Å². The number of ether oxygens (including phenoxy) is 1. The maximum atomic E-state index is 13.1. The number of hydrogen-bond acceptors (Lipinski definition) is 6. The topological polar surface area (TPSA) is 90.1 Å². The monoisotopic (exact) mass is 698 g/mol. The molecular weight excluding hydrogens is 662 g/mol. The van der Waals surface area contributed by atoms with Gasteiger partial charge in [0.25, 0.3) is 0 Å². The highest BCUT2D eigenvalue weighted by Gasteiger charge is 2.33. The number of nitrogens with zero attached hydrogens (tertiary/aromatic N) is 4. The molecule has 6 rings (SSSR count). The smallest absolute Gasteiger partial charge is 0.417 e. The van der Waals surface area contributed by atoms with Gasteiger partial charge in [0.15, 0.2) is 0 Å². The molecule has 4 aromatic heterocycles. The van der Waals surface area contributed by atoms with Crippen LogP contribution in [0.15, 0.2) is 96.2 Å². The number of benzene rings is 2. The van der Waals surface area contributed by atoms with Crippen molar-refractivity contribution in [1.82, 2.24) is 19.5 Å². The lowest BCUT2D eigenvalue weighted by Gasteiger charge is -2.24. The molecule has 11 heteroatoms. The fourth-order valence-corrected chi connectivity index (χ4v) is 6.78. The van der Waals surface area contributed by atoms with Crippen LogP contribution in [0.25, 0.3) is 33.2 Å². The number of aromatic nitrogens is 4. The standard InChI is InChI=1S/C39H37F3N4O3S/c1-37(2,3)50-34-30-18-29(49-23-28-16-14-25-8-6-7-9-32(25)45-28)21-44-35(30)46(33(34)19-38(4,5)36(47)48)22-24-10-12-26(13-11-24)31-17-15-27(20-43-31)39(40,41)42/h6-18,20-21H,19,22-23H2,1-5H3,(H,47,48). The van der Waals surface area contributed by atoms with Crippen LogP contribution in [0.2, 0.25) is 0 Å². The van der Waals surface area contributed by atoms with Gasteiger partial charge in [0, 0.05) is 50.8 Å². The van der Waals surface area contributed by atoms with E-state index in [1.807, 2.05) is 66.7 Å². The van der Waals surface area contributed by atoms with Crippen LogP contribution in [0.5, 0.6) is 5.75 Å². The van der Waals surface area contributed by atoms with Gasteiger partial charge in [-0.3, -0.25) is 9.78 Å². The molecule has 2 aromatic carbocycles. The normalized spacial score (nSPS) is 12.5. The minimum atomic E-state index is -4.46. The summed E-state index contributed by atoms with van der Waals surface area (Å²) in [4.78, 5) is 26.9. The van der Waals surface area contributed by atoms with Crippen LogP contribution in [0.1, 0.15) is 57.1 Å². The number of carboxylic acid groups (broad SMARTS) is 1. The van der Waals surface area contributed by atoms with Crippen molar-refractivity contribution in [2.75, 3.05) is 0 Å². The number of hydrogen-bond donors (Lipinski definition) is 1. The van der Waals surface area contributed by atoms with Gasteiger partial charge in [-0.05, 0) is 49.7 Å². The van der Waals surface area contributed by atoms with Crippen molar-refractivity contribution in [3.05, 3.63) is 114 Å². The summed E-state index contributed by atoms with van der Waals surface area (Å²) >= 11 is 1.66. The van der Waals surface area contributed by atoms with Crippen LogP contribution in [0.4, 0.5) is 13.2 Å². The summed E-state index contributed by atoms with van der Waals surface area (Å²) in [5.41, 5.74) is 3.35. The summed E-state index contributed by atoms with van der Waals surface area (Å²) in [5.74, 6) is -0.341. The van der Waals surface area contributed by atoms with E-state index in [4.69, 9.17) is 14.7 Å². The molecule has 6 aromatic rings. The molecule has 0 bridgehead atoms. The molecule has 1 N–H and O–H groups in total. The van der Waals surface area contributed by atoms with E-state index in [1.165, 1.54) is 6.07 Å². The third-order valence-electron chi connectivity index (χ3n) is 8.25. The molecule has 0 aliphatic heterocycles. The average Bonchev–Trinajstić information content (AvgIpc) is 3.32. The Bertz CT molecular complexity index is 2170. The van der Waals surface area contributed by atoms with Gasteiger partial charge < -0.3 is 14.4 Å². The second kappa shape index (κ2) is 13.4. The largest absolute Gasteiger partial charge is 0.486 e. The summed E-state index contributed by atoms with van der Waals surface area (Å²) in [7, 11) is 0. The van der Waals surface area contributed by atoms with E-state index in [2.05, 4.69) is 30.3 Å². The van der Waals surface area contributed by atoms with Crippen molar-refractivity contribution >= 4 is 39.7 Å². The van der Waals surface area contributed by atoms with Crippen molar-refractivity contribution in [2.45, 2.75) is 70.0 Å². The quantitative estimate of drug-likeness (QED) is 0.143. The van der Waals surface area contributed by atoms with E-state index >= 15 is 0 Å². The van der Waals surface area contributed by atoms with Gasteiger partial charge in [-0.15, -0.1) is 11.8 Å². The zero-order valence-corrected chi connectivity index (χ0v) is 29.2. The number of aliphatic carboxylic acids is 1. The van der Waals surface area contributed by atoms with Crippen LogP contribution in [-0.4, -0.2) is 35.3 Å².